The zero-order valence-electron chi connectivity index (χ0n) is 12.0. The van der Waals surface area contributed by atoms with Gasteiger partial charge in [-0.2, -0.15) is 0 Å². The van der Waals surface area contributed by atoms with Gasteiger partial charge in [-0.05, 0) is 24.3 Å². The second-order valence-electron chi connectivity index (χ2n) is 5.06. The van der Waals surface area contributed by atoms with E-state index in [0.29, 0.717) is 16.7 Å². The van der Waals surface area contributed by atoms with Gasteiger partial charge < -0.3 is 4.42 Å². The maximum absolute atomic E-state index is 12.2. The second-order valence-corrected chi connectivity index (χ2v) is 5.06. The summed E-state index contributed by atoms with van der Waals surface area (Å²) in [4.78, 5) is 28.3. The van der Waals surface area contributed by atoms with Crippen molar-refractivity contribution in [2.24, 2.45) is 0 Å². The molecule has 108 valence electrons. The van der Waals surface area contributed by atoms with Gasteiger partial charge in [0, 0.05) is 11.6 Å². The minimum absolute atomic E-state index is 0.00473. The fraction of sp³-hybridized carbons (Fsp3) is 0.0556. The molecule has 0 saturated carbocycles. The van der Waals surface area contributed by atoms with Gasteiger partial charge in [-0.15, -0.1) is 0 Å². The van der Waals surface area contributed by atoms with Crippen LogP contribution in [0.3, 0.4) is 0 Å². The smallest absolute Gasteiger partial charge is 0.362 e. The van der Waals surface area contributed by atoms with E-state index in [9.17, 15) is 9.59 Å². The van der Waals surface area contributed by atoms with Crippen LogP contribution >= 0.6 is 0 Å². The molecule has 0 aliphatic carbocycles. The second kappa shape index (κ2) is 5.41. The Morgan fingerprint density at radius 2 is 1.91 bits per heavy atom. The highest BCUT2D eigenvalue weighted by molar-refractivity contribution is 6.17. The topological polar surface area (TPSA) is 60.2 Å². The Kier molecular flexibility index (Phi) is 3.43. The van der Waals surface area contributed by atoms with Crippen molar-refractivity contribution in [1.29, 1.82) is 0 Å². The quantitative estimate of drug-likeness (QED) is 0.672. The zero-order valence-corrected chi connectivity index (χ0v) is 12.0. The molecule has 0 amide bonds. The Morgan fingerprint density at radius 1 is 1.18 bits per heavy atom. The van der Waals surface area contributed by atoms with Crippen molar-refractivity contribution in [3.63, 3.8) is 0 Å². The Bertz CT molecular complexity index is 1030. The molecule has 0 aliphatic rings. The molecule has 1 aromatic heterocycles. The number of hydrogen-bond donors (Lipinski definition) is 0. The number of aromatic nitrogens is 1. The van der Waals surface area contributed by atoms with Crippen LogP contribution in [0, 0.1) is 6.92 Å². The highest BCUT2D eigenvalue weighted by Gasteiger charge is 2.05. The lowest BCUT2D eigenvalue weighted by molar-refractivity contribution is 0.106. The van der Waals surface area contributed by atoms with E-state index in [4.69, 9.17) is 4.42 Å². The lowest BCUT2D eigenvalue weighted by Crippen LogP contribution is -2.28. The molecule has 4 heteroatoms. The van der Waals surface area contributed by atoms with Crippen LogP contribution in [0.4, 0.5) is 0 Å². The first-order valence-corrected chi connectivity index (χ1v) is 6.75. The molecule has 4 nitrogen and oxygen atoms in total. The minimum atomic E-state index is -0.640. The molecule has 3 rings (SSSR count). The lowest BCUT2D eigenvalue weighted by Gasteiger charge is -1.97. The van der Waals surface area contributed by atoms with Crippen molar-refractivity contribution >= 4 is 29.5 Å². The summed E-state index contributed by atoms with van der Waals surface area (Å²) in [5.74, 6) is -0.284. The summed E-state index contributed by atoms with van der Waals surface area (Å²) in [7, 11) is 0. The summed E-state index contributed by atoms with van der Waals surface area (Å²) in [5.41, 5.74) is 1.79. The first kappa shape index (κ1) is 13.9. The Hall–Kier alpha value is -3.01. The van der Waals surface area contributed by atoms with E-state index < -0.39 is 5.63 Å². The van der Waals surface area contributed by atoms with Gasteiger partial charge in [-0.25, -0.2) is 9.78 Å². The molecular formula is C18H13NO3. The number of ketones is 1. The number of nitrogens with zero attached hydrogens (tertiary/aromatic N) is 1. The summed E-state index contributed by atoms with van der Waals surface area (Å²) in [5, 5.41) is 0.722. The fourth-order valence-electron chi connectivity index (χ4n) is 2.08. The monoisotopic (exact) mass is 291 g/mol. The summed E-state index contributed by atoms with van der Waals surface area (Å²) >= 11 is 0. The maximum Gasteiger partial charge on any atom is 0.362 e. The molecule has 1 heterocycles. The van der Waals surface area contributed by atoms with Crippen LogP contribution in [0.1, 0.15) is 15.9 Å². The molecule has 0 atom stereocenters. The standard InChI is InChI=1S/C18H13NO3/c1-11-3-6-13(7-4-11)16(20)10-15-18(21)22-17-9-12(2)5-8-14(17)19-15/h3-10H,2H2,1H3/b15-10-. The van der Waals surface area contributed by atoms with Crippen molar-refractivity contribution < 1.29 is 9.21 Å². The van der Waals surface area contributed by atoms with Gasteiger partial charge in [0.25, 0.3) is 0 Å². The maximum atomic E-state index is 12.2. The van der Waals surface area contributed by atoms with Gasteiger partial charge in [0.05, 0.1) is 0 Å². The third-order valence-corrected chi connectivity index (χ3v) is 3.28. The zero-order chi connectivity index (χ0) is 15.7. The highest BCUT2D eigenvalue weighted by Crippen LogP contribution is 2.05. The predicted molar refractivity (Wildman–Crippen MR) is 85.0 cm³/mol. The third-order valence-electron chi connectivity index (χ3n) is 3.28. The van der Waals surface area contributed by atoms with Crippen molar-refractivity contribution in [3.05, 3.63) is 74.6 Å². The van der Waals surface area contributed by atoms with Crippen molar-refractivity contribution in [2.45, 2.75) is 6.92 Å². The van der Waals surface area contributed by atoms with Crippen molar-refractivity contribution in [2.75, 3.05) is 0 Å². The molecule has 0 radical (unpaired) electrons. The molecule has 0 spiro atoms. The van der Waals surface area contributed by atoms with Gasteiger partial charge in [-0.3, -0.25) is 4.79 Å². The summed E-state index contributed by atoms with van der Waals surface area (Å²) in [6.45, 7) is 5.70. The normalized spacial score (nSPS) is 11.8. The summed E-state index contributed by atoms with van der Waals surface area (Å²) < 4.78 is 5.19. The van der Waals surface area contributed by atoms with E-state index in [0.717, 1.165) is 10.8 Å². The number of carbonyl (C=O) groups excluding carboxylic acids is 1. The Morgan fingerprint density at radius 3 is 2.64 bits per heavy atom. The average molecular weight is 291 g/mol. The Labute approximate surface area is 126 Å². The predicted octanol–water partition coefficient (Wildman–Crippen LogP) is 1.57. The van der Waals surface area contributed by atoms with Crippen LogP contribution < -0.4 is 16.2 Å². The molecule has 0 N–H and O–H groups in total. The number of benzene rings is 2. The largest absolute Gasteiger partial charge is 0.419 e. The molecule has 0 fully saturated rings. The van der Waals surface area contributed by atoms with Crippen LogP contribution in [0.15, 0.2) is 51.7 Å². The highest BCUT2D eigenvalue weighted by atomic mass is 16.4. The van der Waals surface area contributed by atoms with Crippen molar-refractivity contribution in [1.82, 2.24) is 4.98 Å². The molecule has 2 aromatic carbocycles. The van der Waals surface area contributed by atoms with Crippen LogP contribution in [0.5, 0.6) is 0 Å². The number of Topliss-reactive ketones (excluding diaryl/α,β-unsaturated/α-hetero) is 1. The number of fused-ring (bicyclic) bond motifs is 1. The van der Waals surface area contributed by atoms with Gasteiger partial charge in [0.15, 0.2) is 16.7 Å². The van der Waals surface area contributed by atoms with E-state index in [-0.39, 0.29) is 11.1 Å². The summed E-state index contributed by atoms with van der Waals surface area (Å²) in [6, 6.07) is 12.2. The van der Waals surface area contributed by atoms with Crippen molar-refractivity contribution in [3.8, 4) is 0 Å². The van der Waals surface area contributed by atoms with E-state index >= 15 is 0 Å². The van der Waals surface area contributed by atoms with E-state index in [2.05, 4.69) is 11.6 Å². The van der Waals surface area contributed by atoms with E-state index in [1.54, 1.807) is 30.3 Å². The fourth-order valence-corrected chi connectivity index (χ4v) is 2.08. The first-order chi connectivity index (χ1) is 10.5. The molecule has 0 unspecified atom stereocenters. The molecule has 3 aromatic rings. The lowest BCUT2D eigenvalue weighted by atomic mass is 10.1. The van der Waals surface area contributed by atoms with Crippen LogP contribution in [0.25, 0.3) is 23.8 Å². The van der Waals surface area contributed by atoms with Gasteiger partial charge >= 0.3 is 5.63 Å². The minimum Gasteiger partial charge on any atom is -0.419 e. The number of carbonyl (C=O) groups is 1. The molecule has 0 bridgehead atoms. The average Bonchev–Trinajstić information content (AvgIpc) is 2.49. The SMILES string of the molecule is C=c1ccc2n/c(=C\C(=O)c3ccc(C)cc3)c(=O)oc2c1. The van der Waals surface area contributed by atoms with Gasteiger partial charge in [0.1, 0.15) is 5.52 Å². The Balaban J connectivity index is 2.12. The molecule has 22 heavy (non-hydrogen) atoms. The van der Waals surface area contributed by atoms with Gasteiger partial charge in [0.2, 0.25) is 0 Å². The number of rotatable bonds is 2. The van der Waals surface area contributed by atoms with Crippen LogP contribution in [-0.2, 0) is 0 Å². The first-order valence-electron chi connectivity index (χ1n) is 6.75. The van der Waals surface area contributed by atoms with Crippen LogP contribution in [-0.4, -0.2) is 10.8 Å². The van der Waals surface area contributed by atoms with Crippen LogP contribution in [0.2, 0.25) is 0 Å². The van der Waals surface area contributed by atoms with Gasteiger partial charge in [-0.1, -0.05) is 42.5 Å². The summed E-state index contributed by atoms with van der Waals surface area (Å²) in [6.07, 6.45) is 1.20. The molecular weight excluding hydrogens is 278 g/mol. The third kappa shape index (κ3) is 2.72. The number of aryl methyl sites for hydroxylation is 1. The molecule has 0 saturated heterocycles. The number of hydrogen-bond acceptors (Lipinski definition) is 4. The van der Waals surface area contributed by atoms with E-state index in [1.165, 1.54) is 6.08 Å². The van der Waals surface area contributed by atoms with E-state index in [1.807, 2.05) is 19.1 Å². The molecule has 0 aliphatic heterocycles.